The van der Waals surface area contributed by atoms with E-state index in [2.05, 4.69) is 4.98 Å². The molecular weight excluding hydrogens is 194 g/mol. The van der Waals surface area contributed by atoms with Crippen molar-refractivity contribution in [3.63, 3.8) is 0 Å². The second kappa shape index (κ2) is 3.88. The number of carbonyl (C=O) groups is 1. The van der Waals surface area contributed by atoms with E-state index in [9.17, 15) is 4.79 Å². The largest absolute Gasteiger partial charge is 0.496 e. The van der Waals surface area contributed by atoms with E-state index in [-0.39, 0.29) is 11.8 Å². The van der Waals surface area contributed by atoms with Gasteiger partial charge in [0.05, 0.1) is 13.0 Å². The summed E-state index contributed by atoms with van der Waals surface area (Å²) in [4.78, 5) is 14.9. The molecule has 0 radical (unpaired) electrons. The Bertz CT molecular complexity index is 378. The molecule has 1 aromatic heterocycles. The molecule has 1 saturated carbocycles. The van der Waals surface area contributed by atoms with E-state index >= 15 is 0 Å². The molecule has 1 heterocycles. The maximum atomic E-state index is 10.9. The van der Waals surface area contributed by atoms with Gasteiger partial charge in [0, 0.05) is 23.9 Å². The minimum Gasteiger partial charge on any atom is -0.496 e. The lowest BCUT2D eigenvalue weighted by Crippen LogP contribution is -2.31. The molecule has 1 aromatic rings. The maximum Gasteiger partial charge on any atom is 0.307 e. The van der Waals surface area contributed by atoms with Crippen LogP contribution >= 0.6 is 0 Å². The smallest absolute Gasteiger partial charge is 0.307 e. The number of methoxy groups -OCH3 is 1. The molecule has 80 valence electrons. The SMILES string of the molecule is COc1ccncc1C1CCC1C(=O)O. The monoisotopic (exact) mass is 207 g/mol. The fourth-order valence-electron chi connectivity index (χ4n) is 2.03. The Labute approximate surface area is 87.9 Å². The topological polar surface area (TPSA) is 59.4 Å². The molecule has 1 aliphatic rings. The number of nitrogens with zero attached hydrogens (tertiary/aromatic N) is 1. The molecule has 1 N–H and O–H groups in total. The van der Waals surface area contributed by atoms with Crippen LogP contribution in [0.3, 0.4) is 0 Å². The third kappa shape index (κ3) is 1.67. The van der Waals surface area contributed by atoms with Crippen LogP contribution in [-0.4, -0.2) is 23.2 Å². The molecule has 4 nitrogen and oxygen atoms in total. The lowest BCUT2D eigenvalue weighted by molar-refractivity contribution is -0.145. The predicted octanol–water partition coefficient (Wildman–Crippen LogP) is 1.67. The molecule has 15 heavy (non-hydrogen) atoms. The first kappa shape index (κ1) is 9.96. The first-order valence-corrected chi connectivity index (χ1v) is 4.94. The highest BCUT2D eigenvalue weighted by Crippen LogP contribution is 2.45. The quantitative estimate of drug-likeness (QED) is 0.819. The number of carboxylic acids is 1. The summed E-state index contributed by atoms with van der Waals surface area (Å²) in [7, 11) is 1.59. The van der Waals surface area contributed by atoms with Crippen molar-refractivity contribution in [2.24, 2.45) is 5.92 Å². The molecule has 0 spiro atoms. The van der Waals surface area contributed by atoms with Crippen molar-refractivity contribution in [3.8, 4) is 5.75 Å². The van der Waals surface area contributed by atoms with Crippen molar-refractivity contribution in [2.45, 2.75) is 18.8 Å². The Morgan fingerprint density at radius 1 is 1.60 bits per heavy atom. The van der Waals surface area contributed by atoms with Gasteiger partial charge in [-0.25, -0.2) is 0 Å². The number of aromatic nitrogens is 1. The number of hydrogen-bond acceptors (Lipinski definition) is 3. The Morgan fingerprint density at radius 3 is 2.93 bits per heavy atom. The fraction of sp³-hybridized carbons (Fsp3) is 0.455. The van der Waals surface area contributed by atoms with Crippen molar-refractivity contribution < 1.29 is 14.6 Å². The van der Waals surface area contributed by atoms with Gasteiger partial charge in [-0.3, -0.25) is 9.78 Å². The van der Waals surface area contributed by atoms with E-state index < -0.39 is 5.97 Å². The van der Waals surface area contributed by atoms with E-state index in [4.69, 9.17) is 9.84 Å². The van der Waals surface area contributed by atoms with Crippen molar-refractivity contribution in [1.29, 1.82) is 0 Å². The zero-order valence-corrected chi connectivity index (χ0v) is 8.51. The number of pyridine rings is 1. The zero-order chi connectivity index (χ0) is 10.8. The molecule has 4 heteroatoms. The first-order valence-electron chi connectivity index (χ1n) is 4.94. The third-order valence-corrected chi connectivity index (χ3v) is 3.02. The molecule has 0 aliphatic heterocycles. The lowest BCUT2D eigenvalue weighted by Gasteiger charge is -2.34. The highest BCUT2D eigenvalue weighted by atomic mass is 16.5. The average Bonchev–Trinajstić information content (AvgIpc) is 2.16. The van der Waals surface area contributed by atoms with Crippen LogP contribution in [0.1, 0.15) is 24.3 Å². The first-order chi connectivity index (χ1) is 7.24. The molecule has 0 aromatic carbocycles. The molecule has 0 bridgehead atoms. The van der Waals surface area contributed by atoms with Gasteiger partial charge in [-0.2, -0.15) is 0 Å². The van der Waals surface area contributed by atoms with Gasteiger partial charge in [0.15, 0.2) is 0 Å². The van der Waals surface area contributed by atoms with Crippen LogP contribution in [0.4, 0.5) is 0 Å². The van der Waals surface area contributed by atoms with E-state index in [1.165, 1.54) is 0 Å². The lowest BCUT2D eigenvalue weighted by atomic mass is 9.70. The van der Waals surface area contributed by atoms with E-state index in [0.717, 1.165) is 24.2 Å². The highest BCUT2D eigenvalue weighted by molar-refractivity contribution is 5.73. The standard InChI is InChI=1S/C11H13NO3/c1-15-10-4-5-12-6-9(10)7-2-3-8(7)11(13)14/h4-8H,2-3H2,1H3,(H,13,14). The van der Waals surface area contributed by atoms with Crippen LogP contribution in [0.15, 0.2) is 18.5 Å². The van der Waals surface area contributed by atoms with Gasteiger partial charge in [-0.05, 0) is 18.9 Å². The molecule has 2 unspecified atom stereocenters. The van der Waals surface area contributed by atoms with Gasteiger partial charge in [-0.1, -0.05) is 0 Å². The summed E-state index contributed by atoms with van der Waals surface area (Å²) in [5, 5.41) is 8.97. The number of hydrogen-bond donors (Lipinski definition) is 1. The van der Waals surface area contributed by atoms with Crippen molar-refractivity contribution in [1.82, 2.24) is 4.98 Å². The fourth-order valence-corrected chi connectivity index (χ4v) is 2.03. The normalized spacial score (nSPS) is 24.3. The number of ether oxygens (including phenoxy) is 1. The Balaban J connectivity index is 2.26. The molecule has 0 saturated heterocycles. The van der Waals surface area contributed by atoms with Gasteiger partial charge >= 0.3 is 5.97 Å². The van der Waals surface area contributed by atoms with Crippen LogP contribution in [0, 0.1) is 5.92 Å². The van der Waals surface area contributed by atoms with Crippen LogP contribution in [0.2, 0.25) is 0 Å². The Kier molecular flexibility index (Phi) is 2.58. The summed E-state index contributed by atoms with van der Waals surface area (Å²) in [5.74, 6) is -0.202. The molecule has 2 rings (SSSR count). The molecule has 1 fully saturated rings. The summed E-state index contributed by atoms with van der Waals surface area (Å²) in [6, 6.07) is 1.77. The summed E-state index contributed by atoms with van der Waals surface area (Å²) in [6.07, 6.45) is 5.01. The average molecular weight is 207 g/mol. The third-order valence-electron chi connectivity index (χ3n) is 3.02. The minimum absolute atomic E-state index is 0.0612. The van der Waals surface area contributed by atoms with Crippen molar-refractivity contribution in [3.05, 3.63) is 24.0 Å². The predicted molar refractivity (Wildman–Crippen MR) is 53.9 cm³/mol. The summed E-state index contributed by atoms with van der Waals surface area (Å²) < 4.78 is 5.20. The van der Waals surface area contributed by atoms with Gasteiger partial charge in [0.25, 0.3) is 0 Å². The van der Waals surface area contributed by atoms with Crippen LogP contribution < -0.4 is 4.74 Å². The van der Waals surface area contributed by atoms with E-state index in [1.54, 1.807) is 25.6 Å². The summed E-state index contributed by atoms with van der Waals surface area (Å²) >= 11 is 0. The van der Waals surface area contributed by atoms with Crippen molar-refractivity contribution >= 4 is 5.97 Å². The van der Waals surface area contributed by atoms with E-state index in [0.29, 0.717) is 0 Å². The van der Waals surface area contributed by atoms with Crippen LogP contribution in [0.5, 0.6) is 5.75 Å². The van der Waals surface area contributed by atoms with Gasteiger partial charge in [-0.15, -0.1) is 0 Å². The maximum absolute atomic E-state index is 10.9. The second-order valence-corrected chi connectivity index (χ2v) is 3.75. The Morgan fingerprint density at radius 2 is 2.40 bits per heavy atom. The second-order valence-electron chi connectivity index (χ2n) is 3.75. The molecular formula is C11H13NO3. The number of rotatable bonds is 3. The summed E-state index contributed by atoms with van der Waals surface area (Å²) in [6.45, 7) is 0. The van der Waals surface area contributed by atoms with Gasteiger partial charge < -0.3 is 9.84 Å². The molecule has 2 atom stereocenters. The number of carboxylic acid groups (broad SMARTS) is 1. The summed E-state index contributed by atoms with van der Waals surface area (Å²) in [5.41, 5.74) is 0.915. The van der Waals surface area contributed by atoms with Crippen LogP contribution in [-0.2, 0) is 4.79 Å². The molecule has 0 amide bonds. The van der Waals surface area contributed by atoms with Gasteiger partial charge in [0.2, 0.25) is 0 Å². The van der Waals surface area contributed by atoms with Crippen LogP contribution in [0.25, 0.3) is 0 Å². The minimum atomic E-state index is -0.725. The zero-order valence-electron chi connectivity index (χ0n) is 8.51. The van der Waals surface area contributed by atoms with Crippen molar-refractivity contribution in [2.75, 3.05) is 7.11 Å². The van der Waals surface area contributed by atoms with Gasteiger partial charge in [0.1, 0.15) is 5.75 Å². The van der Waals surface area contributed by atoms with E-state index in [1.807, 2.05) is 0 Å². The number of aliphatic carboxylic acids is 1. The highest BCUT2D eigenvalue weighted by Gasteiger charge is 2.39. The Hall–Kier alpha value is -1.58. The molecule has 1 aliphatic carbocycles.